The number of amides is 1. The molecule has 0 saturated carbocycles. The van der Waals surface area contributed by atoms with Gasteiger partial charge in [-0.25, -0.2) is 0 Å². The minimum absolute atomic E-state index is 0.000553. The van der Waals surface area contributed by atoms with E-state index in [1.54, 1.807) is 31.5 Å². The fraction of sp³-hybridized carbons (Fsp3) is 0.593. The van der Waals surface area contributed by atoms with E-state index in [0.29, 0.717) is 19.2 Å². The van der Waals surface area contributed by atoms with Crippen molar-refractivity contribution in [2.75, 3.05) is 6.61 Å². The molecule has 2 aromatic rings. The molecule has 1 aliphatic rings. The molecule has 1 aromatic heterocycles. The third-order valence-electron chi connectivity index (χ3n) is 6.66. The molecule has 1 aliphatic heterocycles. The number of benzene rings is 1. The van der Waals surface area contributed by atoms with Gasteiger partial charge in [-0.15, -0.1) is 0 Å². The van der Waals surface area contributed by atoms with E-state index in [4.69, 9.17) is 4.74 Å². The third-order valence-corrected chi connectivity index (χ3v) is 6.66. The Hall–Kier alpha value is -2.88. The number of hydrogen-bond acceptors (Lipinski definition) is 3. The Morgan fingerprint density at radius 2 is 1.78 bits per heavy atom. The largest absolute Gasteiger partial charge is 0.481 e. The van der Waals surface area contributed by atoms with Crippen LogP contribution in [0.1, 0.15) is 87.5 Å². The first kappa shape index (κ1) is 28.7. The van der Waals surface area contributed by atoms with Crippen LogP contribution in [0.5, 0.6) is 0 Å². The van der Waals surface area contributed by atoms with Crippen molar-refractivity contribution in [3.63, 3.8) is 0 Å². The lowest BCUT2D eigenvalue weighted by Gasteiger charge is -2.29. The lowest BCUT2D eigenvalue weighted by Crippen LogP contribution is -2.31. The summed E-state index contributed by atoms with van der Waals surface area (Å²) < 4.78 is 50.2. The van der Waals surface area contributed by atoms with Gasteiger partial charge in [0.15, 0.2) is 5.49 Å². The van der Waals surface area contributed by atoms with Gasteiger partial charge in [-0.3, -0.25) is 19.0 Å². The number of aromatic nitrogens is 2. The molecule has 0 spiro atoms. The average molecular weight is 524 g/mol. The zero-order chi connectivity index (χ0) is 27.9. The molecule has 37 heavy (non-hydrogen) atoms. The number of ether oxygens (including phenoxy) is 1. The second kappa shape index (κ2) is 10.1. The number of nitrogens with zero attached hydrogens (tertiary/aromatic N) is 3. The predicted octanol–water partition coefficient (Wildman–Crippen LogP) is 5.28. The second-order valence-electron chi connectivity index (χ2n) is 11.7. The van der Waals surface area contributed by atoms with Crippen molar-refractivity contribution in [2.45, 2.75) is 84.5 Å². The van der Waals surface area contributed by atoms with Crippen LogP contribution >= 0.6 is 0 Å². The van der Waals surface area contributed by atoms with Crippen molar-refractivity contribution in [3.8, 4) is 0 Å². The predicted molar refractivity (Wildman–Crippen MR) is 132 cm³/mol. The van der Waals surface area contributed by atoms with E-state index in [-0.39, 0.29) is 28.1 Å². The van der Waals surface area contributed by atoms with Crippen molar-refractivity contribution >= 4 is 11.9 Å². The average Bonchev–Trinajstić information content (AvgIpc) is 3.35. The van der Waals surface area contributed by atoms with Gasteiger partial charge in [0, 0.05) is 36.4 Å². The first-order valence-electron chi connectivity index (χ1n) is 12.3. The lowest BCUT2D eigenvalue weighted by molar-refractivity contribution is -0.141. The molecule has 0 bridgehead atoms. The number of carbonyl (C=O) groups is 2. The summed E-state index contributed by atoms with van der Waals surface area (Å²) in [7, 11) is 1.84. The van der Waals surface area contributed by atoms with Crippen LogP contribution < -0.4 is 5.49 Å². The molecular weight excluding hydrogens is 487 g/mol. The van der Waals surface area contributed by atoms with Crippen LogP contribution in [0.25, 0.3) is 0 Å². The Morgan fingerprint density at radius 1 is 1.14 bits per heavy atom. The van der Waals surface area contributed by atoms with Crippen LogP contribution in [0.3, 0.4) is 0 Å². The van der Waals surface area contributed by atoms with Crippen LogP contribution in [-0.2, 0) is 34.7 Å². The molecule has 3 rings (SSSR count). The SMILES string of the molecule is Cn1c(C(C)(C)C)cc(=NC(=O)c2cc(C(F)(F)F)ccc2C(C(=O)O)C(C)(C)C)n1C[C@H]1CCCO1. The van der Waals surface area contributed by atoms with Gasteiger partial charge in [-0.1, -0.05) is 47.6 Å². The highest BCUT2D eigenvalue weighted by Crippen LogP contribution is 2.39. The normalized spacial score (nSPS) is 18.3. The zero-order valence-corrected chi connectivity index (χ0v) is 22.4. The number of carboxylic acids is 1. The molecule has 2 heterocycles. The molecule has 1 unspecified atom stereocenters. The number of carbonyl (C=O) groups excluding carboxylic acids is 1. The van der Waals surface area contributed by atoms with E-state index >= 15 is 0 Å². The van der Waals surface area contributed by atoms with Gasteiger partial charge in [0.2, 0.25) is 0 Å². The summed E-state index contributed by atoms with van der Waals surface area (Å²) in [5.74, 6) is -3.38. The molecule has 1 fully saturated rings. The van der Waals surface area contributed by atoms with E-state index in [2.05, 4.69) is 4.99 Å². The van der Waals surface area contributed by atoms with Crippen LogP contribution in [0.15, 0.2) is 29.3 Å². The number of aliphatic carboxylic acids is 1. The van der Waals surface area contributed by atoms with Crippen LogP contribution in [-0.4, -0.2) is 39.1 Å². The summed E-state index contributed by atoms with van der Waals surface area (Å²) in [4.78, 5) is 30.0. The van der Waals surface area contributed by atoms with Crippen molar-refractivity contribution in [3.05, 3.63) is 52.1 Å². The molecule has 1 amide bonds. The Bertz CT molecular complexity index is 1240. The maximum atomic E-state index is 13.6. The number of rotatable bonds is 5. The van der Waals surface area contributed by atoms with Crippen LogP contribution in [0.2, 0.25) is 0 Å². The van der Waals surface area contributed by atoms with Crippen molar-refractivity contribution in [2.24, 2.45) is 17.5 Å². The monoisotopic (exact) mass is 523 g/mol. The van der Waals surface area contributed by atoms with E-state index in [0.717, 1.165) is 30.7 Å². The van der Waals surface area contributed by atoms with Gasteiger partial charge >= 0.3 is 12.1 Å². The summed E-state index contributed by atoms with van der Waals surface area (Å²) in [5, 5.41) is 9.93. The molecule has 10 heteroatoms. The Morgan fingerprint density at radius 3 is 2.27 bits per heavy atom. The summed E-state index contributed by atoms with van der Waals surface area (Å²) in [5.41, 5.74) is -1.43. The van der Waals surface area contributed by atoms with Gasteiger partial charge in [0.05, 0.1) is 24.1 Å². The summed E-state index contributed by atoms with van der Waals surface area (Å²) >= 11 is 0. The lowest BCUT2D eigenvalue weighted by atomic mass is 9.74. The first-order valence-corrected chi connectivity index (χ1v) is 12.3. The van der Waals surface area contributed by atoms with Gasteiger partial charge < -0.3 is 9.84 Å². The van der Waals surface area contributed by atoms with Gasteiger partial charge in [0.25, 0.3) is 5.91 Å². The van der Waals surface area contributed by atoms with Gasteiger partial charge in [0.1, 0.15) is 0 Å². The quantitative estimate of drug-likeness (QED) is 0.578. The first-order chi connectivity index (χ1) is 16.9. The maximum absolute atomic E-state index is 13.6. The molecule has 1 N–H and O–H groups in total. The summed E-state index contributed by atoms with van der Waals surface area (Å²) in [6.45, 7) is 12.1. The molecule has 2 atom stereocenters. The standard InChI is InChI=1S/C27H36F3N3O4/c1-25(2,3)20-14-21(33(32(20)7)15-17-9-8-12-37-17)31-23(34)19-13-16(27(28,29)30)10-11-18(19)22(24(35)36)26(4,5)6/h10-11,13-14,17,22H,8-9,12,15H2,1-7H3,(H,35,36)/t17-,22?/m1/s1. The number of hydrogen-bond donors (Lipinski definition) is 1. The highest BCUT2D eigenvalue weighted by Gasteiger charge is 2.38. The minimum Gasteiger partial charge on any atom is -0.481 e. The van der Waals surface area contributed by atoms with Crippen LogP contribution in [0, 0.1) is 5.41 Å². The smallest absolute Gasteiger partial charge is 0.416 e. The summed E-state index contributed by atoms with van der Waals surface area (Å²) in [6.07, 6.45) is -3.01. The van der Waals surface area contributed by atoms with Crippen molar-refractivity contribution in [1.82, 2.24) is 9.36 Å². The fourth-order valence-corrected chi connectivity index (χ4v) is 4.87. The Labute approximate surface area is 214 Å². The Balaban J connectivity index is 2.24. The number of carboxylic acid groups (broad SMARTS) is 1. The van der Waals surface area contributed by atoms with Gasteiger partial charge in [-0.2, -0.15) is 18.2 Å². The molecule has 0 aliphatic carbocycles. The number of alkyl halides is 3. The van der Waals surface area contributed by atoms with E-state index in [1.165, 1.54) is 0 Å². The summed E-state index contributed by atoms with van der Waals surface area (Å²) in [6, 6.07) is 4.35. The molecular formula is C27H36F3N3O4. The van der Waals surface area contributed by atoms with Gasteiger partial charge in [-0.05, 0) is 36.0 Å². The van der Waals surface area contributed by atoms with Crippen molar-refractivity contribution in [1.29, 1.82) is 0 Å². The third kappa shape index (κ3) is 6.34. The molecule has 0 radical (unpaired) electrons. The Kier molecular flexibility index (Phi) is 7.84. The zero-order valence-electron chi connectivity index (χ0n) is 22.4. The molecule has 1 aromatic carbocycles. The van der Waals surface area contributed by atoms with E-state index < -0.39 is 34.9 Å². The van der Waals surface area contributed by atoms with Crippen molar-refractivity contribution < 1.29 is 32.6 Å². The molecule has 7 nitrogen and oxygen atoms in total. The number of halogens is 3. The second-order valence-corrected chi connectivity index (χ2v) is 11.7. The minimum atomic E-state index is -4.71. The molecule has 1 saturated heterocycles. The van der Waals surface area contributed by atoms with E-state index in [1.807, 2.05) is 32.5 Å². The maximum Gasteiger partial charge on any atom is 0.416 e. The van der Waals surface area contributed by atoms with E-state index in [9.17, 15) is 27.9 Å². The highest BCUT2D eigenvalue weighted by molar-refractivity contribution is 5.98. The molecule has 204 valence electrons. The van der Waals surface area contributed by atoms with Crippen LogP contribution in [0.4, 0.5) is 13.2 Å². The highest BCUT2D eigenvalue weighted by atomic mass is 19.4. The fourth-order valence-electron chi connectivity index (χ4n) is 4.87. The topological polar surface area (TPSA) is 85.8 Å².